The van der Waals surface area contributed by atoms with Gasteiger partial charge in [0.25, 0.3) is 5.56 Å². The molecule has 15 heavy (non-hydrogen) atoms. The molecule has 0 unspecified atom stereocenters. The van der Waals surface area contributed by atoms with Crippen LogP contribution in [-0.4, -0.2) is 15.5 Å². The Bertz CT molecular complexity index is 441. The van der Waals surface area contributed by atoms with Crippen molar-refractivity contribution < 1.29 is 39.5 Å². The minimum atomic E-state index is -1.46. The Labute approximate surface area is 108 Å². The monoisotopic (exact) mass is 216 g/mol. The van der Waals surface area contributed by atoms with Crippen molar-refractivity contribution in [3.8, 4) is 0 Å². The molecule has 0 radical (unpaired) electrons. The van der Waals surface area contributed by atoms with Gasteiger partial charge in [0.2, 0.25) is 0 Å². The van der Waals surface area contributed by atoms with E-state index in [4.69, 9.17) is 0 Å². The topological polar surface area (TPSA) is 75.0 Å². The first-order valence-electron chi connectivity index (χ1n) is 4.50. The standard InChI is InChI=1S/C9H10N2O3.Na/c12-8-6(9(13)14)5-10-7-3-1-2-4-11(7)8;/h5H,1-4H2,(H,13,14);/q;+1/p-1. The molecule has 0 N–H and O–H groups in total. The molecule has 0 aromatic carbocycles. The van der Waals surface area contributed by atoms with E-state index in [9.17, 15) is 14.7 Å². The summed E-state index contributed by atoms with van der Waals surface area (Å²) in [5, 5.41) is 10.5. The van der Waals surface area contributed by atoms with Crippen LogP contribution in [0.15, 0.2) is 11.0 Å². The van der Waals surface area contributed by atoms with Gasteiger partial charge >= 0.3 is 29.6 Å². The molecule has 1 aliphatic heterocycles. The van der Waals surface area contributed by atoms with E-state index < -0.39 is 11.5 Å². The van der Waals surface area contributed by atoms with Gasteiger partial charge in [-0.25, -0.2) is 4.98 Å². The Morgan fingerprint density at radius 2 is 2.20 bits per heavy atom. The van der Waals surface area contributed by atoms with E-state index in [1.54, 1.807) is 0 Å². The Kier molecular flexibility index (Phi) is 4.07. The molecule has 0 saturated heterocycles. The molecule has 1 aromatic heterocycles. The van der Waals surface area contributed by atoms with Gasteiger partial charge < -0.3 is 9.90 Å². The summed E-state index contributed by atoms with van der Waals surface area (Å²) in [6, 6.07) is 0. The molecule has 5 nitrogen and oxygen atoms in total. The molecule has 0 fully saturated rings. The zero-order valence-electron chi connectivity index (χ0n) is 8.52. The molecule has 0 saturated carbocycles. The van der Waals surface area contributed by atoms with Crippen molar-refractivity contribution in [3.63, 3.8) is 0 Å². The van der Waals surface area contributed by atoms with Crippen LogP contribution >= 0.6 is 0 Å². The quantitative estimate of drug-likeness (QED) is 0.448. The van der Waals surface area contributed by atoms with Crippen LogP contribution in [0.5, 0.6) is 0 Å². The van der Waals surface area contributed by atoms with Gasteiger partial charge in [-0.2, -0.15) is 0 Å². The number of carbonyl (C=O) groups excluding carboxylic acids is 1. The van der Waals surface area contributed by atoms with Gasteiger partial charge in [0.05, 0.1) is 11.5 Å². The number of rotatable bonds is 1. The van der Waals surface area contributed by atoms with Crippen molar-refractivity contribution in [2.45, 2.75) is 25.8 Å². The van der Waals surface area contributed by atoms with E-state index >= 15 is 0 Å². The van der Waals surface area contributed by atoms with E-state index in [1.807, 2.05) is 0 Å². The smallest absolute Gasteiger partial charge is 0.545 e. The molecule has 0 amide bonds. The fourth-order valence-corrected chi connectivity index (χ4v) is 1.65. The fourth-order valence-electron chi connectivity index (χ4n) is 1.65. The maximum atomic E-state index is 11.6. The first-order valence-corrected chi connectivity index (χ1v) is 4.50. The zero-order valence-corrected chi connectivity index (χ0v) is 10.5. The average Bonchev–Trinajstić information content (AvgIpc) is 2.18. The number of hydrogen-bond acceptors (Lipinski definition) is 4. The number of carboxylic acids is 1. The molecule has 74 valence electrons. The maximum Gasteiger partial charge on any atom is 1.00 e. The van der Waals surface area contributed by atoms with Gasteiger partial charge in [0, 0.05) is 19.2 Å². The number of carbonyl (C=O) groups is 1. The fraction of sp³-hybridized carbons (Fsp3) is 0.444. The normalized spacial score (nSPS) is 13.9. The first kappa shape index (κ1) is 12.4. The molecule has 2 rings (SSSR count). The van der Waals surface area contributed by atoms with Crippen molar-refractivity contribution in [1.82, 2.24) is 9.55 Å². The van der Waals surface area contributed by atoms with Crippen LogP contribution in [0.4, 0.5) is 0 Å². The van der Waals surface area contributed by atoms with Crippen LogP contribution in [0.3, 0.4) is 0 Å². The van der Waals surface area contributed by atoms with Gasteiger partial charge in [-0.15, -0.1) is 0 Å². The first-order chi connectivity index (χ1) is 6.70. The summed E-state index contributed by atoms with van der Waals surface area (Å²) in [7, 11) is 0. The van der Waals surface area contributed by atoms with Crippen LogP contribution in [-0.2, 0) is 13.0 Å². The van der Waals surface area contributed by atoms with Crippen molar-refractivity contribution >= 4 is 5.97 Å². The van der Waals surface area contributed by atoms with Crippen molar-refractivity contribution in [2.24, 2.45) is 0 Å². The van der Waals surface area contributed by atoms with E-state index in [1.165, 1.54) is 4.57 Å². The van der Waals surface area contributed by atoms with Gasteiger partial charge in [-0.3, -0.25) is 9.36 Å². The molecule has 1 aliphatic rings. The van der Waals surface area contributed by atoms with E-state index in [0.717, 1.165) is 25.5 Å². The van der Waals surface area contributed by atoms with Gasteiger partial charge in [-0.1, -0.05) is 0 Å². The Hall–Kier alpha value is -0.650. The molecular weight excluding hydrogens is 207 g/mol. The minimum Gasteiger partial charge on any atom is -0.545 e. The van der Waals surface area contributed by atoms with Crippen molar-refractivity contribution in [1.29, 1.82) is 0 Å². The molecule has 0 aliphatic carbocycles. The number of nitrogens with zero attached hydrogens (tertiary/aromatic N) is 2. The second-order valence-electron chi connectivity index (χ2n) is 3.29. The van der Waals surface area contributed by atoms with E-state index in [2.05, 4.69) is 4.98 Å². The SMILES string of the molecule is O=C([O-])c1cnc2n(c1=O)CCCC2.[Na+]. The molecular formula is C9H9N2NaO3. The second kappa shape index (κ2) is 4.92. The molecule has 1 aromatic rings. The number of aryl methyl sites for hydroxylation is 1. The van der Waals surface area contributed by atoms with Crippen LogP contribution in [0, 0.1) is 0 Å². The number of carboxylic acid groups (broad SMARTS) is 1. The summed E-state index contributed by atoms with van der Waals surface area (Å²) in [5.41, 5.74) is -0.842. The zero-order chi connectivity index (χ0) is 10.1. The summed E-state index contributed by atoms with van der Waals surface area (Å²) in [6.07, 6.45) is 3.72. The summed E-state index contributed by atoms with van der Waals surface area (Å²) < 4.78 is 1.43. The largest absolute Gasteiger partial charge is 1.00 e. The summed E-state index contributed by atoms with van der Waals surface area (Å²) in [6.45, 7) is 0.558. The molecule has 6 heteroatoms. The number of aromatic carboxylic acids is 1. The molecule has 0 spiro atoms. The van der Waals surface area contributed by atoms with Crippen LogP contribution in [0.1, 0.15) is 29.0 Å². The van der Waals surface area contributed by atoms with Crippen LogP contribution in [0.25, 0.3) is 0 Å². The molecule has 0 atom stereocenters. The third kappa shape index (κ3) is 2.30. The second-order valence-corrected chi connectivity index (χ2v) is 3.29. The van der Waals surface area contributed by atoms with Gasteiger partial charge in [0.1, 0.15) is 5.82 Å². The Balaban J connectivity index is 0.00000112. The summed E-state index contributed by atoms with van der Waals surface area (Å²) >= 11 is 0. The van der Waals surface area contributed by atoms with Gasteiger partial charge in [-0.05, 0) is 12.8 Å². The van der Waals surface area contributed by atoms with Crippen molar-refractivity contribution in [2.75, 3.05) is 0 Å². The molecule has 0 bridgehead atoms. The third-order valence-corrected chi connectivity index (χ3v) is 2.38. The van der Waals surface area contributed by atoms with Gasteiger partial charge in [0.15, 0.2) is 0 Å². The average molecular weight is 216 g/mol. The van der Waals surface area contributed by atoms with Crippen LogP contribution in [0.2, 0.25) is 0 Å². The Morgan fingerprint density at radius 3 is 2.87 bits per heavy atom. The predicted molar refractivity (Wildman–Crippen MR) is 45.8 cm³/mol. The van der Waals surface area contributed by atoms with Crippen molar-refractivity contribution in [3.05, 3.63) is 27.9 Å². The predicted octanol–water partition coefficient (Wildman–Crippen LogP) is -4.05. The minimum absolute atomic E-state index is 0. The number of aromatic nitrogens is 2. The summed E-state index contributed by atoms with van der Waals surface area (Å²) in [5.74, 6) is -0.783. The number of fused-ring (bicyclic) bond motifs is 1. The van der Waals surface area contributed by atoms with E-state index in [0.29, 0.717) is 12.4 Å². The maximum absolute atomic E-state index is 11.6. The summed E-state index contributed by atoms with van der Waals surface area (Å²) in [4.78, 5) is 26.0. The van der Waals surface area contributed by atoms with E-state index in [-0.39, 0.29) is 35.1 Å². The van der Waals surface area contributed by atoms with Crippen LogP contribution < -0.4 is 40.2 Å². The molecule has 2 heterocycles. The third-order valence-electron chi connectivity index (χ3n) is 2.38. The number of hydrogen-bond donors (Lipinski definition) is 0. The Morgan fingerprint density at radius 1 is 1.47 bits per heavy atom.